The largest absolute Gasteiger partial charge is 0.394 e. The van der Waals surface area contributed by atoms with Crippen LogP contribution in [0.1, 0.15) is 44.9 Å². The van der Waals surface area contributed by atoms with Crippen molar-refractivity contribution < 1.29 is 14.6 Å². The molecule has 2 atom stereocenters. The molecule has 2 aliphatic carbocycles. The Morgan fingerprint density at radius 1 is 1.39 bits per heavy atom. The lowest BCUT2D eigenvalue weighted by atomic mass is 9.99. The van der Waals surface area contributed by atoms with Gasteiger partial charge in [-0.3, -0.25) is 0 Å². The van der Waals surface area contributed by atoms with Crippen LogP contribution in [0.2, 0.25) is 0 Å². The van der Waals surface area contributed by atoms with Crippen LogP contribution in [0.25, 0.3) is 0 Å². The molecule has 0 aromatic carbocycles. The van der Waals surface area contributed by atoms with Gasteiger partial charge in [-0.25, -0.2) is 4.79 Å². The van der Waals surface area contributed by atoms with Crippen molar-refractivity contribution in [1.82, 2.24) is 10.6 Å². The van der Waals surface area contributed by atoms with Gasteiger partial charge in [-0.1, -0.05) is 12.8 Å². The minimum absolute atomic E-state index is 0.0335. The molecular weight excluding hydrogens is 232 g/mol. The standard InChI is InChI=1S/C13H24N2O3/c1-18-11-5-4-10(8-11)14-12(17)15-13(9-16)6-2-3-7-13/h10-11,16H,2-9H2,1H3,(H2,14,15,17). The van der Waals surface area contributed by atoms with Crippen LogP contribution < -0.4 is 10.6 Å². The lowest BCUT2D eigenvalue weighted by Crippen LogP contribution is -2.54. The maximum atomic E-state index is 11.9. The fourth-order valence-corrected chi connectivity index (χ4v) is 3.12. The molecule has 18 heavy (non-hydrogen) atoms. The van der Waals surface area contributed by atoms with Crippen LogP contribution in [0.15, 0.2) is 0 Å². The Balaban J connectivity index is 1.78. The summed E-state index contributed by atoms with van der Waals surface area (Å²) in [5.41, 5.74) is -0.386. The molecule has 2 aliphatic rings. The maximum Gasteiger partial charge on any atom is 0.315 e. The number of hydrogen-bond donors (Lipinski definition) is 3. The van der Waals surface area contributed by atoms with Gasteiger partial charge >= 0.3 is 6.03 Å². The van der Waals surface area contributed by atoms with Crippen LogP contribution in [0.4, 0.5) is 4.79 Å². The normalized spacial score (nSPS) is 30.3. The molecule has 2 saturated carbocycles. The fraction of sp³-hybridized carbons (Fsp3) is 0.923. The summed E-state index contributed by atoms with van der Waals surface area (Å²) < 4.78 is 5.29. The smallest absolute Gasteiger partial charge is 0.315 e. The highest BCUT2D eigenvalue weighted by Gasteiger charge is 2.35. The number of aliphatic hydroxyl groups is 1. The molecule has 0 radical (unpaired) electrons. The van der Waals surface area contributed by atoms with E-state index in [-0.39, 0.29) is 30.3 Å². The van der Waals surface area contributed by atoms with Gasteiger partial charge in [0, 0.05) is 13.2 Å². The molecule has 104 valence electrons. The molecule has 2 rings (SSSR count). The Labute approximate surface area is 108 Å². The number of methoxy groups -OCH3 is 1. The number of rotatable bonds is 4. The van der Waals surface area contributed by atoms with Crippen molar-refractivity contribution in [3.05, 3.63) is 0 Å². The van der Waals surface area contributed by atoms with Crippen molar-refractivity contribution in [3.63, 3.8) is 0 Å². The highest BCUT2D eigenvalue weighted by molar-refractivity contribution is 5.75. The summed E-state index contributed by atoms with van der Waals surface area (Å²) in [6.45, 7) is 0.0335. The molecule has 0 spiro atoms. The molecule has 0 aromatic rings. The molecule has 3 N–H and O–H groups in total. The van der Waals surface area contributed by atoms with E-state index in [2.05, 4.69) is 10.6 Å². The van der Waals surface area contributed by atoms with Crippen molar-refractivity contribution in [3.8, 4) is 0 Å². The lowest BCUT2D eigenvalue weighted by molar-refractivity contribution is 0.107. The molecule has 0 aromatic heterocycles. The molecule has 5 heteroatoms. The Hall–Kier alpha value is -0.810. The maximum absolute atomic E-state index is 11.9. The number of carbonyl (C=O) groups excluding carboxylic acids is 1. The van der Waals surface area contributed by atoms with E-state index in [0.29, 0.717) is 0 Å². The molecule has 2 amide bonds. The van der Waals surface area contributed by atoms with Gasteiger partial charge < -0.3 is 20.5 Å². The molecule has 0 bridgehead atoms. The zero-order valence-electron chi connectivity index (χ0n) is 11.1. The highest BCUT2D eigenvalue weighted by Crippen LogP contribution is 2.29. The Morgan fingerprint density at radius 2 is 2.11 bits per heavy atom. The first-order valence-electron chi connectivity index (χ1n) is 6.90. The predicted octanol–water partition coefficient (Wildman–Crippen LogP) is 1.16. The summed E-state index contributed by atoms with van der Waals surface area (Å²) >= 11 is 0. The van der Waals surface area contributed by atoms with Gasteiger partial charge in [-0.05, 0) is 32.1 Å². The quantitative estimate of drug-likeness (QED) is 0.707. The van der Waals surface area contributed by atoms with Crippen molar-refractivity contribution in [2.75, 3.05) is 13.7 Å². The van der Waals surface area contributed by atoms with E-state index >= 15 is 0 Å². The second kappa shape index (κ2) is 5.89. The van der Waals surface area contributed by atoms with Crippen LogP contribution in [-0.4, -0.2) is 42.5 Å². The molecule has 2 unspecified atom stereocenters. The van der Waals surface area contributed by atoms with Crippen LogP contribution in [0.5, 0.6) is 0 Å². The van der Waals surface area contributed by atoms with Gasteiger partial charge in [0.25, 0.3) is 0 Å². The third kappa shape index (κ3) is 3.14. The summed E-state index contributed by atoms with van der Waals surface area (Å²) in [4.78, 5) is 11.9. The first kappa shape index (κ1) is 13.6. The third-order valence-corrected chi connectivity index (χ3v) is 4.30. The first-order chi connectivity index (χ1) is 8.67. The van der Waals surface area contributed by atoms with Crippen LogP contribution in [0, 0.1) is 0 Å². The van der Waals surface area contributed by atoms with E-state index in [1.807, 2.05) is 0 Å². The topological polar surface area (TPSA) is 70.6 Å². The Morgan fingerprint density at radius 3 is 2.67 bits per heavy atom. The zero-order chi connectivity index (χ0) is 13.0. The number of aliphatic hydroxyl groups excluding tert-OH is 1. The van der Waals surface area contributed by atoms with E-state index in [1.54, 1.807) is 7.11 Å². The number of urea groups is 1. The van der Waals surface area contributed by atoms with Crippen molar-refractivity contribution in [2.24, 2.45) is 0 Å². The molecule has 5 nitrogen and oxygen atoms in total. The summed E-state index contributed by atoms with van der Waals surface area (Å²) in [6.07, 6.45) is 7.05. The SMILES string of the molecule is COC1CCC(NC(=O)NC2(CO)CCCC2)C1. The third-order valence-electron chi connectivity index (χ3n) is 4.30. The number of amides is 2. The fourth-order valence-electron chi connectivity index (χ4n) is 3.12. The molecule has 0 saturated heterocycles. The zero-order valence-corrected chi connectivity index (χ0v) is 11.1. The number of nitrogens with one attached hydrogen (secondary N) is 2. The van der Waals surface area contributed by atoms with E-state index < -0.39 is 0 Å². The molecule has 2 fully saturated rings. The number of ether oxygens (including phenoxy) is 1. The monoisotopic (exact) mass is 256 g/mol. The van der Waals surface area contributed by atoms with Crippen LogP contribution in [-0.2, 0) is 4.74 Å². The van der Waals surface area contributed by atoms with Gasteiger partial charge in [0.15, 0.2) is 0 Å². The highest BCUT2D eigenvalue weighted by atomic mass is 16.5. The molecular formula is C13H24N2O3. The second-order valence-electron chi connectivity index (χ2n) is 5.61. The number of hydrogen-bond acceptors (Lipinski definition) is 3. The number of carbonyl (C=O) groups is 1. The van der Waals surface area contributed by atoms with Gasteiger partial charge in [0.2, 0.25) is 0 Å². The van der Waals surface area contributed by atoms with Crippen molar-refractivity contribution >= 4 is 6.03 Å². The first-order valence-corrected chi connectivity index (χ1v) is 6.90. The lowest BCUT2D eigenvalue weighted by Gasteiger charge is -2.28. The van der Waals surface area contributed by atoms with Crippen LogP contribution in [0.3, 0.4) is 0 Å². The van der Waals surface area contributed by atoms with E-state index in [4.69, 9.17) is 4.74 Å². The Kier molecular flexibility index (Phi) is 4.45. The minimum atomic E-state index is -0.386. The molecule has 0 aliphatic heterocycles. The Bertz CT molecular complexity index is 290. The van der Waals surface area contributed by atoms with Gasteiger partial charge in [0.1, 0.15) is 0 Å². The molecule has 0 heterocycles. The second-order valence-corrected chi connectivity index (χ2v) is 5.61. The van der Waals surface area contributed by atoms with Gasteiger partial charge in [-0.15, -0.1) is 0 Å². The van der Waals surface area contributed by atoms with Crippen LogP contribution >= 0.6 is 0 Å². The summed E-state index contributed by atoms with van der Waals surface area (Å²) in [7, 11) is 1.71. The van der Waals surface area contributed by atoms with E-state index in [9.17, 15) is 9.90 Å². The van der Waals surface area contributed by atoms with Crippen molar-refractivity contribution in [1.29, 1.82) is 0 Å². The summed E-state index contributed by atoms with van der Waals surface area (Å²) in [5, 5.41) is 15.4. The van der Waals surface area contributed by atoms with E-state index in [1.165, 1.54) is 0 Å². The predicted molar refractivity (Wildman–Crippen MR) is 68.4 cm³/mol. The average Bonchev–Trinajstić information content (AvgIpc) is 2.99. The van der Waals surface area contributed by atoms with Gasteiger partial charge in [-0.2, -0.15) is 0 Å². The summed E-state index contributed by atoms with van der Waals surface area (Å²) in [5.74, 6) is 0. The van der Waals surface area contributed by atoms with Crippen molar-refractivity contribution in [2.45, 2.75) is 62.6 Å². The minimum Gasteiger partial charge on any atom is -0.394 e. The summed E-state index contributed by atoms with van der Waals surface area (Å²) in [6, 6.07) is 0.0554. The van der Waals surface area contributed by atoms with E-state index in [0.717, 1.165) is 44.9 Å². The average molecular weight is 256 g/mol. The van der Waals surface area contributed by atoms with Gasteiger partial charge in [0.05, 0.1) is 18.2 Å².